The standard InChI is InChI=1S/C37H52FN3O3/c1-5-7-9-13-30(14-10-8-6-2)44-35(43)40-25-26-41-34-31(15-11-16-32(34)40)36(3)27-39(24-22-37(36,41)4)23-12-17-33(42)28-18-20-29(38)21-19-28/h11,15-16,18-21,30H,5-10,12-14,17,22-27H2,1-4H3/t36-,37-/m0/s1. The summed E-state index contributed by atoms with van der Waals surface area (Å²) in [6.07, 6.45) is 10.8. The van der Waals surface area contributed by atoms with E-state index in [1.165, 1.54) is 36.2 Å². The van der Waals surface area contributed by atoms with Crippen molar-refractivity contribution in [3.8, 4) is 0 Å². The molecule has 3 heterocycles. The lowest BCUT2D eigenvalue weighted by Gasteiger charge is -2.54. The monoisotopic (exact) mass is 605 g/mol. The molecule has 0 radical (unpaired) electrons. The number of fused-ring (bicyclic) bond motifs is 3. The number of nitrogens with zero attached hydrogens (tertiary/aromatic N) is 3. The molecule has 2 atom stereocenters. The molecule has 1 fully saturated rings. The number of benzene rings is 2. The molecule has 0 N–H and O–H groups in total. The van der Waals surface area contributed by atoms with Crippen LogP contribution >= 0.6 is 0 Å². The molecule has 240 valence electrons. The Morgan fingerprint density at radius 2 is 1.61 bits per heavy atom. The normalized spacial score (nSPS) is 22.7. The van der Waals surface area contributed by atoms with E-state index in [0.29, 0.717) is 18.5 Å². The summed E-state index contributed by atoms with van der Waals surface area (Å²) in [5, 5.41) is 0. The Morgan fingerprint density at radius 1 is 0.909 bits per heavy atom. The minimum Gasteiger partial charge on any atom is -0.446 e. The highest BCUT2D eigenvalue weighted by Gasteiger charge is 2.60. The number of Topliss-reactive ketones (excluding diaryl/α,β-unsaturated/α-hetero) is 1. The van der Waals surface area contributed by atoms with E-state index in [4.69, 9.17) is 4.74 Å². The van der Waals surface area contributed by atoms with Crippen LogP contribution in [0.4, 0.5) is 20.6 Å². The number of piperidine rings is 1. The first-order valence-electron chi connectivity index (χ1n) is 17.1. The quantitative estimate of drug-likeness (QED) is 0.160. The molecule has 1 saturated heterocycles. The van der Waals surface area contributed by atoms with Crippen LogP contribution in [-0.4, -0.2) is 61.1 Å². The highest BCUT2D eigenvalue weighted by molar-refractivity contribution is 5.97. The van der Waals surface area contributed by atoms with Gasteiger partial charge in [-0.05, 0) is 87.9 Å². The molecule has 7 heteroatoms. The number of unbranched alkanes of at least 4 members (excludes halogenated alkanes) is 4. The second kappa shape index (κ2) is 14.0. The first kappa shape index (κ1) is 32.5. The van der Waals surface area contributed by atoms with E-state index in [9.17, 15) is 14.0 Å². The average Bonchev–Trinajstić information content (AvgIpc) is 3.22. The van der Waals surface area contributed by atoms with Gasteiger partial charge in [0.05, 0.1) is 11.4 Å². The number of carbonyl (C=O) groups excluding carboxylic acids is 2. The van der Waals surface area contributed by atoms with Crippen molar-refractivity contribution in [2.24, 2.45) is 0 Å². The first-order chi connectivity index (χ1) is 21.2. The maximum Gasteiger partial charge on any atom is 0.414 e. The van der Waals surface area contributed by atoms with Crippen molar-refractivity contribution in [3.05, 3.63) is 59.4 Å². The summed E-state index contributed by atoms with van der Waals surface area (Å²) in [6, 6.07) is 12.3. The maximum atomic E-state index is 13.7. The summed E-state index contributed by atoms with van der Waals surface area (Å²) in [5.41, 5.74) is 3.90. The second-order valence-electron chi connectivity index (χ2n) is 13.6. The summed E-state index contributed by atoms with van der Waals surface area (Å²) >= 11 is 0. The van der Waals surface area contributed by atoms with Crippen LogP contribution in [0, 0.1) is 5.82 Å². The Balaban J connectivity index is 1.28. The molecule has 2 aromatic rings. The zero-order valence-electron chi connectivity index (χ0n) is 27.4. The van der Waals surface area contributed by atoms with E-state index in [0.717, 1.165) is 83.2 Å². The molecule has 0 saturated carbocycles. The Bertz CT molecular complexity index is 1290. The number of halogens is 1. The molecule has 0 unspecified atom stereocenters. The van der Waals surface area contributed by atoms with Gasteiger partial charge in [0.2, 0.25) is 0 Å². The smallest absolute Gasteiger partial charge is 0.414 e. The van der Waals surface area contributed by atoms with E-state index in [1.807, 2.05) is 4.90 Å². The molecule has 3 aliphatic heterocycles. The zero-order valence-corrected chi connectivity index (χ0v) is 27.4. The molecule has 6 nitrogen and oxygen atoms in total. The summed E-state index contributed by atoms with van der Waals surface area (Å²) in [4.78, 5) is 33.4. The third-order valence-corrected chi connectivity index (χ3v) is 10.7. The number of amides is 1. The molecule has 5 rings (SSSR count). The fourth-order valence-electron chi connectivity index (χ4n) is 7.90. The predicted molar refractivity (Wildman–Crippen MR) is 176 cm³/mol. The fourth-order valence-corrected chi connectivity index (χ4v) is 7.90. The average molecular weight is 606 g/mol. The van der Waals surface area contributed by atoms with Crippen molar-refractivity contribution in [2.75, 3.05) is 42.5 Å². The van der Waals surface area contributed by atoms with Crippen LogP contribution in [0.25, 0.3) is 0 Å². The lowest BCUT2D eigenvalue weighted by atomic mass is 9.65. The molecule has 44 heavy (non-hydrogen) atoms. The summed E-state index contributed by atoms with van der Waals surface area (Å²) in [7, 11) is 0. The van der Waals surface area contributed by atoms with Gasteiger partial charge in [0.1, 0.15) is 11.9 Å². The van der Waals surface area contributed by atoms with Crippen LogP contribution in [0.15, 0.2) is 42.5 Å². The molecule has 3 aliphatic rings. The largest absolute Gasteiger partial charge is 0.446 e. The van der Waals surface area contributed by atoms with Gasteiger partial charge >= 0.3 is 6.09 Å². The molecule has 1 amide bonds. The number of anilines is 2. The highest BCUT2D eigenvalue weighted by atomic mass is 19.1. The number of rotatable bonds is 14. The summed E-state index contributed by atoms with van der Waals surface area (Å²) in [5.74, 6) is -0.255. The molecular formula is C37H52FN3O3. The lowest BCUT2D eigenvalue weighted by molar-refractivity contribution is 0.0839. The molecular weight excluding hydrogens is 553 g/mol. The Morgan fingerprint density at radius 3 is 2.30 bits per heavy atom. The Hall–Kier alpha value is -2.93. The number of hydrogen-bond acceptors (Lipinski definition) is 5. The predicted octanol–water partition coefficient (Wildman–Crippen LogP) is 8.52. The number of likely N-dealkylation sites (tertiary alicyclic amines) is 1. The van der Waals surface area contributed by atoms with Crippen molar-refractivity contribution in [2.45, 2.75) is 115 Å². The van der Waals surface area contributed by atoms with E-state index in [1.54, 1.807) is 12.1 Å². The van der Waals surface area contributed by atoms with Crippen molar-refractivity contribution in [1.82, 2.24) is 4.90 Å². The molecule has 2 aromatic carbocycles. The van der Waals surface area contributed by atoms with Gasteiger partial charge in [0, 0.05) is 49.1 Å². The number of carbonyl (C=O) groups is 2. The van der Waals surface area contributed by atoms with Gasteiger partial charge in [-0.15, -0.1) is 0 Å². The van der Waals surface area contributed by atoms with Gasteiger partial charge < -0.3 is 14.5 Å². The minimum absolute atomic E-state index is 0.0171. The highest BCUT2D eigenvalue weighted by Crippen LogP contribution is 2.59. The first-order valence-corrected chi connectivity index (χ1v) is 17.1. The SMILES string of the molecule is CCCCCC(CCCCC)OC(=O)N1CCN2c3c1cccc3[C@]1(C)CN(CCCC(=O)c3ccc(F)cc3)CC[C@]21C. The zero-order chi connectivity index (χ0) is 31.3. The van der Waals surface area contributed by atoms with E-state index >= 15 is 0 Å². The van der Waals surface area contributed by atoms with Crippen molar-refractivity contribution in [3.63, 3.8) is 0 Å². The topological polar surface area (TPSA) is 53.1 Å². The summed E-state index contributed by atoms with van der Waals surface area (Å²) < 4.78 is 19.5. The van der Waals surface area contributed by atoms with Crippen molar-refractivity contribution < 1.29 is 18.7 Å². The van der Waals surface area contributed by atoms with Crippen molar-refractivity contribution >= 4 is 23.3 Å². The van der Waals surface area contributed by atoms with Gasteiger partial charge in [0.15, 0.2) is 5.78 Å². The maximum absolute atomic E-state index is 13.7. The van der Waals surface area contributed by atoms with Gasteiger partial charge in [-0.25, -0.2) is 9.18 Å². The lowest BCUT2D eigenvalue weighted by Crippen LogP contribution is -2.65. The van der Waals surface area contributed by atoms with Crippen LogP contribution in [0.5, 0.6) is 0 Å². The Labute approximate surface area is 263 Å². The molecule has 0 spiro atoms. The molecule has 0 aliphatic carbocycles. The second-order valence-corrected chi connectivity index (χ2v) is 13.6. The van der Waals surface area contributed by atoms with Gasteiger partial charge in [-0.1, -0.05) is 58.6 Å². The van der Waals surface area contributed by atoms with Crippen LogP contribution in [0.1, 0.15) is 114 Å². The molecule has 0 aromatic heterocycles. The third kappa shape index (κ3) is 6.40. The van der Waals surface area contributed by atoms with Gasteiger partial charge in [-0.3, -0.25) is 9.69 Å². The number of ether oxygens (including phenoxy) is 1. The van der Waals surface area contributed by atoms with Gasteiger partial charge in [0.25, 0.3) is 0 Å². The van der Waals surface area contributed by atoms with E-state index in [-0.39, 0.29) is 34.8 Å². The fraction of sp³-hybridized carbons (Fsp3) is 0.622. The van der Waals surface area contributed by atoms with Gasteiger partial charge in [-0.2, -0.15) is 0 Å². The van der Waals surface area contributed by atoms with Crippen LogP contribution in [-0.2, 0) is 10.2 Å². The van der Waals surface area contributed by atoms with Crippen LogP contribution < -0.4 is 9.80 Å². The van der Waals surface area contributed by atoms with Crippen LogP contribution in [0.2, 0.25) is 0 Å². The molecule has 0 bridgehead atoms. The minimum atomic E-state index is -0.321. The third-order valence-electron chi connectivity index (χ3n) is 10.7. The number of para-hydroxylation sites is 1. The van der Waals surface area contributed by atoms with Crippen molar-refractivity contribution in [1.29, 1.82) is 0 Å². The number of ketones is 1. The van der Waals surface area contributed by atoms with E-state index in [2.05, 4.69) is 55.7 Å². The summed E-state index contributed by atoms with van der Waals surface area (Å²) in [6.45, 7) is 13.4. The van der Waals surface area contributed by atoms with Crippen LogP contribution in [0.3, 0.4) is 0 Å². The number of hydrogen-bond donors (Lipinski definition) is 0. The van der Waals surface area contributed by atoms with E-state index < -0.39 is 0 Å². The Kier molecular flexibility index (Phi) is 10.3.